The SMILES string of the molecule is Nc1ccc2c(c1)c1cc(N)ccc1n2-c1ccc(F)cc1. The lowest BCUT2D eigenvalue weighted by Gasteiger charge is -2.07. The third-order valence-electron chi connectivity index (χ3n) is 3.90. The predicted molar refractivity (Wildman–Crippen MR) is 89.6 cm³/mol. The molecule has 0 atom stereocenters. The molecule has 3 aromatic carbocycles. The molecule has 4 heteroatoms. The molecule has 4 rings (SSSR count). The Hall–Kier alpha value is -3.01. The van der Waals surface area contributed by atoms with Crippen LogP contribution in [-0.2, 0) is 0 Å². The molecule has 0 aliphatic rings. The van der Waals surface area contributed by atoms with Crippen LogP contribution in [0.4, 0.5) is 15.8 Å². The summed E-state index contributed by atoms with van der Waals surface area (Å²) in [6, 6.07) is 18.0. The van der Waals surface area contributed by atoms with Crippen molar-refractivity contribution in [3.63, 3.8) is 0 Å². The number of benzene rings is 3. The fraction of sp³-hybridized carbons (Fsp3) is 0. The molecule has 22 heavy (non-hydrogen) atoms. The van der Waals surface area contributed by atoms with Gasteiger partial charge in [-0.1, -0.05) is 0 Å². The highest BCUT2D eigenvalue weighted by atomic mass is 19.1. The predicted octanol–water partition coefficient (Wildman–Crippen LogP) is 4.09. The van der Waals surface area contributed by atoms with Gasteiger partial charge in [-0.25, -0.2) is 4.39 Å². The van der Waals surface area contributed by atoms with Crippen LogP contribution in [0.15, 0.2) is 60.7 Å². The van der Waals surface area contributed by atoms with Crippen molar-refractivity contribution in [2.24, 2.45) is 0 Å². The molecular weight excluding hydrogens is 277 g/mol. The van der Waals surface area contributed by atoms with E-state index in [0.29, 0.717) is 11.4 Å². The van der Waals surface area contributed by atoms with Crippen molar-refractivity contribution in [2.45, 2.75) is 0 Å². The van der Waals surface area contributed by atoms with Crippen LogP contribution in [0.1, 0.15) is 0 Å². The highest BCUT2D eigenvalue weighted by Crippen LogP contribution is 2.34. The summed E-state index contributed by atoms with van der Waals surface area (Å²) in [5, 5.41) is 2.07. The third-order valence-corrected chi connectivity index (χ3v) is 3.90. The number of hydrogen-bond acceptors (Lipinski definition) is 2. The van der Waals surface area contributed by atoms with E-state index < -0.39 is 0 Å². The smallest absolute Gasteiger partial charge is 0.123 e. The molecule has 0 aliphatic heterocycles. The molecule has 1 aromatic heterocycles. The molecule has 4 N–H and O–H groups in total. The van der Waals surface area contributed by atoms with Crippen LogP contribution in [0.2, 0.25) is 0 Å². The number of halogens is 1. The largest absolute Gasteiger partial charge is 0.399 e. The molecule has 0 spiro atoms. The highest BCUT2D eigenvalue weighted by Gasteiger charge is 2.12. The summed E-state index contributed by atoms with van der Waals surface area (Å²) in [6.07, 6.45) is 0. The van der Waals surface area contributed by atoms with Crippen molar-refractivity contribution in [1.29, 1.82) is 0 Å². The first kappa shape index (κ1) is 12.7. The van der Waals surface area contributed by atoms with Crippen molar-refractivity contribution < 1.29 is 4.39 Å². The van der Waals surface area contributed by atoms with E-state index in [-0.39, 0.29) is 5.82 Å². The van der Waals surface area contributed by atoms with Gasteiger partial charge in [0.15, 0.2) is 0 Å². The number of anilines is 2. The third kappa shape index (κ3) is 1.81. The molecular formula is C18H14FN3. The summed E-state index contributed by atoms with van der Waals surface area (Å²) in [5.41, 5.74) is 16.2. The lowest BCUT2D eigenvalue weighted by atomic mass is 10.1. The van der Waals surface area contributed by atoms with E-state index in [1.165, 1.54) is 12.1 Å². The molecule has 3 nitrogen and oxygen atoms in total. The fourth-order valence-corrected chi connectivity index (χ4v) is 2.93. The Morgan fingerprint density at radius 2 is 1.18 bits per heavy atom. The minimum absolute atomic E-state index is 0.252. The number of aromatic nitrogens is 1. The molecule has 0 radical (unpaired) electrons. The molecule has 0 bridgehead atoms. The van der Waals surface area contributed by atoms with E-state index >= 15 is 0 Å². The molecule has 4 aromatic rings. The van der Waals surface area contributed by atoms with Gasteiger partial charge in [0.25, 0.3) is 0 Å². The lowest BCUT2D eigenvalue weighted by Crippen LogP contribution is -1.94. The van der Waals surface area contributed by atoms with Gasteiger partial charge in [0.05, 0.1) is 11.0 Å². The quantitative estimate of drug-likeness (QED) is 0.519. The van der Waals surface area contributed by atoms with Gasteiger partial charge in [-0.2, -0.15) is 0 Å². The maximum atomic E-state index is 13.2. The number of hydrogen-bond donors (Lipinski definition) is 2. The second-order valence-electron chi connectivity index (χ2n) is 5.36. The molecule has 0 saturated heterocycles. The van der Waals surface area contributed by atoms with Crippen molar-refractivity contribution in [3.05, 3.63) is 66.5 Å². The van der Waals surface area contributed by atoms with Crippen LogP contribution in [0, 0.1) is 5.82 Å². The van der Waals surface area contributed by atoms with Gasteiger partial charge in [-0.05, 0) is 60.7 Å². The van der Waals surface area contributed by atoms with Crippen LogP contribution in [0.5, 0.6) is 0 Å². The second-order valence-corrected chi connectivity index (χ2v) is 5.36. The monoisotopic (exact) mass is 291 g/mol. The van der Waals surface area contributed by atoms with E-state index in [1.54, 1.807) is 12.1 Å². The van der Waals surface area contributed by atoms with Gasteiger partial charge in [-0.3, -0.25) is 0 Å². The average molecular weight is 291 g/mol. The Bertz CT molecular complexity index is 941. The summed E-state index contributed by atoms with van der Waals surface area (Å²) >= 11 is 0. The van der Waals surface area contributed by atoms with Crippen molar-refractivity contribution in [1.82, 2.24) is 4.57 Å². The van der Waals surface area contributed by atoms with Crippen molar-refractivity contribution in [2.75, 3.05) is 11.5 Å². The van der Waals surface area contributed by atoms with Crippen LogP contribution in [0.25, 0.3) is 27.5 Å². The van der Waals surface area contributed by atoms with Crippen molar-refractivity contribution >= 4 is 33.2 Å². The maximum Gasteiger partial charge on any atom is 0.123 e. The minimum atomic E-state index is -0.252. The molecule has 0 unspecified atom stereocenters. The zero-order valence-electron chi connectivity index (χ0n) is 11.8. The molecule has 1 heterocycles. The van der Waals surface area contributed by atoms with E-state index in [0.717, 1.165) is 27.5 Å². The number of rotatable bonds is 1. The maximum absolute atomic E-state index is 13.2. The van der Waals surface area contributed by atoms with Crippen molar-refractivity contribution in [3.8, 4) is 5.69 Å². The van der Waals surface area contributed by atoms with E-state index in [4.69, 9.17) is 11.5 Å². The first-order valence-corrected chi connectivity index (χ1v) is 6.98. The Labute approximate surface area is 126 Å². The van der Waals surface area contributed by atoms with Gasteiger partial charge >= 0.3 is 0 Å². The normalized spacial score (nSPS) is 11.3. The topological polar surface area (TPSA) is 57.0 Å². The van der Waals surface area contributed by atoms with E-state index in [9.17, 15) is 4.39 Å². The van der Waals surface area contributed by atoms with Crippen LogP contribution in [-0.4, -0.2) is 4.57 Å². The number of nitrogens with zero attached hydrogens (tertiary/aromatic N) is 1. The molecule has 0 saturated carbocycles. The first-order chi connectivity index (χ1) is 10.6. The zero-order chi connectivity index (χ0) is 15.3. The summed E-state index contributed by atoms with van der Waals surface area (Å²) in [6.45, 7) is 0. The van der Waals surface area contributed by atoms with Gasteiger partial charge in [0.1, 0.15) is 5.82 Å². The summed E-state index contributed by atoms with van der Waals surface area (Å²) in [5.74, 6) is -0.252. The van der Waals surface area contributed by atoms with Crippen LogP contribution >= 0.6 is 0 Å². The molecule has 0 fully saturated rings. The van der Waals surface area contributed by atoms with Gasteiger partial charge in [0.2, 0.25) is 0 Å². The molecule has 0 amide bonds. The molecule has 108 valence electrons. The van der Waals surface area contributed by atoms with Crippen LogP contribution in [0.3, 0.4) is 0 Å². The number of nitrogens with two attached hydrogens (primary N) is 2. The Kier molecular flexibility index (Phi) is 2.60. The Morgan fingerprint density at radius 3 is 1.68 bits per heavy atom. The van der Waals surface area contributed by atoms with E-state index in [1.807, 2.05) is 36.4 Å². The van der Waals surface area contributed by atoms with Gasteiger partial charge in [-0.15, -0.1) is 0 Å². The first-order valence-electron chi connectivity index (χ1n) is 6.98. The zero-order valence-corrected chi connectivity index (χ0v) is 11.8. The standard InChI is InChI=1S/C18H14FN3/c19-11-1-5-14(6-2-11)22-17-7-3-12(20)9-15(17)16-10-13(21)4-8-18(16)22/h1-10H,20-21H2. The van der Waals surface area contributed by atoms with Gasteiger partial charge < -0.3 is 16.0 Å². The van der Waals surface area contributed by atoms with Crippen LogP contribution < -0.4 is 11.5 Å². The lowest BCUT2D eigenvalue weighted by molar-refractivity contribution is 0.627. The van der Waals surface area contributed by atoms with Gasteiger partial charge in [0, 0.05) is 27.8 Å². The average Bonchev–Trinajstić information content (AvgIpc) is 2.81. The van der Waals surface area contributed by atoms with E-state index in [2.05, 4.69) is 4.57 Å². The number of fused-ring (bicyclic) bond motifs is 3. The Balaban J connectivity index is 2.17. The molecule has 0 aliphatic carbocycles. The summed E-state index contributed by atoms with van der Waals surface area (Å²) in [7, 11) is 0. The minimum Gasteiger partial charge on any atom is -0.399 e. The second kappa shape index (κ2) is 4.49. The fourth-order valence-electron chi connectivity index (χ4n) is 2.93. The number of nitrogen functional groups attached to an aromatic ring is 2. The Morgan fingerprint density at radius 1 is 0.682 bits per heavy atom. The summed E-state index contributed by atoms with van der Waals surface area (Å²) in [4.78, 5) is 0. The summed E-state index contributed by atoms with van der Waals surface area (Å²) < 4.78 is 15.3. The highest BCUT2D eigenvalue weighted by molar-refractivity contribution is 6.11.